The van der Waals surface area contributed by atoms with Crippen molar-refractivity contribution in [3.05, 3.63) is 46.5 Å². The maximum atomic E-state index is 12.3. The molecule has 0 atom stereocenters. The molecular weight excluding hydrogens is 288 g/mol. The number of rotatable bonds is 1. The molecular formula is C11H5Cl2F3N2. The molecule has 0 N–H and O–H groups in total. The van der Waals surface area contributed by atoms with Gasteiger partial charge >= 0.3 is 6.18 Å². The number of alkyl halides is 3. The van der Waals surface area contributed by atoms with Crippen LogP contribution in [0.5, 0.6) is 0 Å². The summed E-state index contributed by atoms with van der Waals surface area (Å²) in [4.78, 5) is 7.10. The summed E-state index contributed by atoms with van der Waals surface area (Å²) in [5.74, 6) is 0. The third-order valence-corrected chi connectivity index (χ3v) is 2.54. The lowest BCUT2D eigenvalue weighted by molar-refractivity contribution is -0.141. The van der Waals surface area contributed by atoms with E-state index in [4.69, 9.17) is 23.2 Å². The van der Waals surface area contributed by atoms with Gasteiger partial charge in [-0.1, -0.05) is 29.3 Å². The van der Waals surface area contributed by atoms with Gasteiger partial charge in [-0.25, -0.2) is 4.98 Å². The lowest BCUT2D eigenvalue weighted by Crippen LogP contribution is -2.07. The predicted molar refractivity (Wildman–Crippen MR) is 62.5 cm³/mol. The van der Waals surface area contributed by atoms with Gasteiger partial charge in [-0.15, -0.1) is 0 Å². The zero-order valence-electron chi connectivity index (χ0n) is 8.67. The molecule has 0 fully saturated rings. The van der Waals surface area contributed by atoms with Crippen LogP contribution in [0.25, 0.3) is 11.1 Å². The van der Waals surface area contributed by atoms with Gasteiger partial charge < -0.3 is 0 Å². The van der Waals surface area contributed by atoms with Gasteiger partial charge in [-0.2, -0.15) is 13.2 Å². The molecule has 2 nitrogen and oxygen atoms in total. The summed E-state index contributed by atoms with van der Waals surface area (Å²) in [6.07, 6.45) is -3.34. The molecule has 7 heteroatoms. The molecule has 94 valence electrons. The lowest BCUT2D eigenvalue weighted by atomic mass is 10.1. The minimum Gasteiger partial charge on any atom is -0.251 e. The quantitative estimate of drug-likeness (QED) is 0.725. The summed E-state index contributed by atoms with van der Waals surface area (Å²) in [6, 6.07) is 5.20. The SMILES string of the molecule is FC(F)(F)c1ccc(-c2cc(Cl)nc(Cl)c2)cn1. The van der Waals surface area contributed by atoms with Crippen LogP contribution in [-0.4, -0.2) is 9.97 Å². The van der Waals surface area contributed by atoms with Crippen LogP contribution in [0.1, 0.15) is 5.69 Å². The number of halogens is 5. The van der Waals surface area contributed by atoms with E-state index in [1.54, 1.807) is 0 Å². The Morgan fingerprint density at radius 1 is 0.944 bits per heavy atom. The van der Waals surface area contributed by atoms with Gasteiger partial charge in [-0.05, 0) is 23.8 Å². The molecule has 18 heavy (non-hydrogen) atoms. The number of aromatic nitrogens is 2. The van der Waals surface area contributed by atoms with E-state index in [0.29, 0.717) is 11.1 Å². The molecule has 0 radical (unpaired) electrons. The Hall–Kier alpha value is -1.33. The molecule has 2 heterocycles. The molecule has 0 aliphatic carbocycles. The van der Waals surface area contributed by atoms with Crippen molar-refractivity contribution in [2.75, 3.05) is 0 Å². The van der Waals surface area contributed by atoms with Gasteiger partial charge in [0.1, 0.15) is 16.0 Å². The number of hydrogen-bond donors (Lipinski definition) is 0. The topological polar surface area (TPSA) is 25.8 Å². The first-order valence-corrected chi connectivity index (χ1v) is 5.48. The van der Waals surface area contributed by atoms with Crippen LogP contribution in [0.4, 0.5) is 13.2 Å². The standard InChI is InChI=1S/C11H5Cl2F3N2/c12-9-3-7(4-10(13)18-9)6-1-2-8(17-5-6)11(14,15)16/h1-5H. The van der Waals surface area contributed by atoms with Crippen LogP contribution >= 0.6 is 23.2 Å². The Bertz CT molecular complexity index is 547. The van der Waals surface area contributed by atoms with Crippen molar-refractivity contribution in [2.24, 2.45) is 0 Å². The molecule has 0 bridgehead atoms. The molecule has 0 saturated carbocycles. The summed E-state index contributed by atoms with van der Waals surface area (Å²) >= 11 is 11.4. The molecule has 0 unspecified atom stereocenters. The molecule has 0 spiro atoms. The molecule has 2 aromatic rings. The Labute approximate surface area is 110 Å². The third kappa shape index (κ3) is 2.91. The van der Waals surface area contributed by atoms with Crippen LogP contribution in [0, 0.1) is 0 Å². The number of nitrogens with zero attached hydrogens (tertiary/aromatic N) is 2. The first-order valence-electron chi connectivity index (χ1n) is 4.73. The minimum absolute atomic E-state index is 0.164. The van der Waals surface area contributed by atoms with Crippen molar-refractivity contribution >= 4 is 23.2 Å². The van der Waals surface area contributed by atoms with Gasteiger partial charge in [0.15, 0.2) is 0 Å². The molecule has 2 aromatic heterocycles. The van der Waals surface area contributed by atoms with E-state index in [1.165, 1.54) is 18.2 Å². The Kier molecular flexibility index (Phi) is 3.45. The van der Waals surface area contributed by atoms with Crippen molar-refractivity contribution in [3.63, 3.8) is 0 Å². The summed E-state index contributed by atoms with van der Waals surface area (Å²) < 4.78 is 37.0. The van der Waals surface area contributed by atoms with Gasteiger partial charge in [0.05, 0.1) is 0 Å². The van der Waals surface area contributed by atoms with E-state index in [-0.39, 0.29) is 10.3 Å². The Morgan fingerprint density at radius 3 is 2.00 bits per heavy atom. The first kappa shape index (κ1) is 13.1. The highest BCUT2D eigenvalue weighted by Gasteiger charge is 2.32. The van der Waals surface area contributed by atoms with Crippen LogP contribution in [-0.2, 0) is 6.18 Å². The molecule has 2 rings (SSSR count). The largest absolute Gasteiger partial charge is 0.433 e. The smallest absolute Gasteiger partial charge is 0.251 e. The van der Waals surface area contributed by atoms with Gasteiger partial charge in [0.25, 0.3) is 0 Å². The van der Waals surface area contributed by atoms with Crippen LogP contribution in [0.15, 0.2) is 30.5 Å². The monoisotopic (exact) mass is 292 g/mol. The molecule has 0 aliphatic rings. The van der Waals surface area contributed by atoms with Crippen molar-refractivity contribution in [3.8, 4) is 11.1 Å². The average molecular weight is 293 g/mol. The van der Waals surface area contributed by atoms with Gasteiger partial charge in [0, 0.05) is 11.8 Å². The normalized spacial score (nSPS) is 11.6. The summed E-state index contributed by atoms with van der Waals surface area (Å²) in [5.41, 5.74) is 0.0907. The molecule has 0 aliphatic heterocycles. The van der Waals surface area contributed by atoms with Crippen molar-refractivity contribution in [1.29, 1.82) is 0 Å². The highest BCUT2D eigenvalue weighted by molar-refractivity contribution is 6.32. The van der Waals surface area contributed by atoms with Crippen molar-refractivity contribution in [2.45, 2.75) is 6.18 Å². The maximum Gasteiger partial charge on any atom is 0.433 e. The van der Waals surface area contributed by atoms with Crippen LogP contribution in [0.2, 0.25) is 10.3 Å². The van der Waals surface area contributed by atoms with E-state index >= 15 is 0 Å². The summed E-state index contributed by atoms with van der Waals surface area (Å²) in [5, 5.41) is 0.329. The first-order chi connectivity index (χ1) is 8.36. The van der Waals surface area contributed by atoms with E-state index < -0.39 is 11.9 Å². The fraction of sp³-hybridized carbons (Fsp3) is 0.0909. The van der Waals surface area contributed by atoms with Gasteiger partial charge in [-0.3, -0.25) is 4.98 Å². The van der Waals surface area contributed by atoms with Crippen molar-refractivity contribution in [1.82, 2.24) is 9.97 Å². The zero-order valence-corrected chi connectivity index (χ0v) is 10.2. The molecule has 0 saturated heterocycles. The maximum absolute atomic E-state index is 12.3. The second-order valence-corrected chi connectivity index (χ2v) is 4.21. The highest BCUT2D eigenvalue weighted by atomic mass is 35.5. The van der Waals surface area contributed by atoms with Crippen molar-refractivity contribution < 1.29 is 13.2 Å². The average Bonchev–Trinajstić information content (AvgIpc) is 2.27. The van der Waals surface area contributed by atoms with E-state index in [9.17, 15) is 13.2 Å². The third-order valence-electron chi connectivity index (χ3n) is 2.15. The zero-order chi connectivity index (χ0) is 13.3. The minimum atomic E-state index is -4.45. The fourth-order valence-corrected chi connectivity index (χ4v) is 1.82. The Balaban J connectivity index is 2.40. The lowest BCUT2D eigenvalue weighted by Gasteiger charge is -2.07. The fourth-order valence-electron chi connectivity index (χ4n) is 1.36. The second-order valence-electron chi connectivity index (χ2n) is 3.43. The van der Waals surface area contributed by atoms with E-state index in [0.717, 1.165) is 12.3 Å². The van der Waals surface area contributed by atoms with Crippen LogP contribution in [0.3, 0.4) is 0 Å². The predicted octanol–water partition coefficient (Wildman–Crippen LogP) is 4.47. The van der Waals surface area contributed by atoms with E-state index in [1.807, 2.05) is 0 Å². The Morgan fingerprint density at radius 2 is 1.56 bits per heavy atom. The highest BCUT2D eigenvalue weighted by Crippen LogP contribution is 2.30. The summed E-state index contributed by atoms with van der Waals surface area (Å²) in [7, 11) is 0. The van der Waals surface area contributed by atoms with Crippen LogP contribution < -0.4 is 0 Å². The second kappa shape index (κ2) is 4.74. The van der Waals surface area contributed by atoms with E-state index in [2.05, 4.69) is 9.97 Å². The number of hydrogen-bond acceptors (Lipinski definition) is 2. The number of pyridine rings is 2. The summed E-state index contributed by atoms with van der Waals surface area (Å²) in [6.45, 7) is 0. The van der Waals surface area contributed by atoms with Gasteiger partial charge in [0.2, 0.25) is 0 Å². The molecule has 0 amide bonds. The molecule has 0 aromatic carbocycles.